The summed E-state index contributed by atoms with van der Waals surface area (Å²) in [5, 5.41) is 2.12. The minimum Gasteiger partial charge on any atom is -0.243 e. The minimum absolute atomic E-state index is 1.27. The largest absolute Gasteiger partial charge is 0.243 e. The van der Waals surface area contributed by atoms with Gasteiger partial charge in [-0.05, 0) is 23.4 Å². The highest BCUT2D eigenvalue weighted by Crippen LogP contribution is 2.31. The van der Waals surface area contributed by atoms with E-state index >= 15 is 0 Å². The molecule has 9 heavy (non-hydrogen) atoms. The van der Waals surface area contributed by atoms with Crippen LogP contribution in [0.3, 0.4) is 0 Å². The van der Waals surface area contributed by atoms with Gasteiger partial charge in [0.25, 0.3) is 0 Å². The van der Waals surface area contributed by atoms with Crippen molar-refractivity contribution in [2.24, 2.45) is 0 Å². The highest BCUT2D eigenvalue weighted by molar-refractivity contribution is 7.99. The van der Waals surface area contributed by atoms with Crippen LogP contribution < -0.4 is 0 Å². The van der Waals surface area contributed by atoms with Gasteiger partial charge in [-0.1, -0.05) is 6.07 Å². The predicted molar refractivity (Wildman–Crippen MR) is 41.7 cm³/mol. The average Bonchev–Trinajstić information content (AvgIpc) is 2.46. The van der Waals surface area contributed by atoms with E-state index in [1.165, 1.54) is 17.3 Å². The first kappa shape index (κ1) is 5.77. The number of hydrogen-bond acceptors (Lipinski definition) is 3. The zero-order valence-corrected chi connectivity index (χ0v) is 6.54. The van der Waals surface area contributed by atoms with Crippen molar-refractivity contribution < 1.29 is 0 Å². The Bertz CT molecular complexity index is 179. The number of hydrogen-bond donors (Lipinski definition) is 0. The average molecular weight is 157 g/mol. The highest BCUT2D eigenvalue weighted by atomic mass is 32.2. The van der Waals surface area contributed by atoms with Crippen LogP contribution in [0.1, 0.15) is 0 Å². The van der Waals surface area contributed by atoms with Crippen LogP contribution >= 0.6 is 23.3 Å². The molecule has 0 N–H and O–H groups in total. The molecule has 0 radical (unpaired) electrons. The third-order valence-corrected chi connectivity index (χ3v) is 3.23. The van der Waals surface area contributed by atoms with E-state index in [1.807, 2.05) is 23.3 Å². The Kier molecular flexibility index (Phi) is 1.49. The molecule has 1 aliphatic rings. The summed E-state index contributed by atoms with van der Waals surface area (Å²) in [5.41, 5.74) is 0. The van der Waals surface area contributed by atoms with Gasteiger partial charge in [-0.2, -0.15) is 0 Å². The monoisotopic (exact) mass is 157 g/mol. The molecule has 0 unspecified atom stereocenters. The van der Waals surface area contributed by atoms with Gasteiger partial charge in [0.2, 0.25) is 0 Å². The van der Waals surface area contributed by atoms with Crippen molar-refractivity contribution in [3.8, 4) is 0 Å². The van der Waals surface area contributed by atoms with Gasteiger partial charge in [0.05, 0.1) is 4.21 Å². The van der Waals surface area contributed by atoms with Gasteiger partial charge in [-0.25, -0.2) is 4.31 Å². The van der Waals surface area contributed by atoms with Crippen molar-refractivity contribution >= 4 is 23.3 Å². The standard InChI is InChI=1S/C6H7NS2/c1-2-6(8-5-1)9-7-3-4-7/h1-2,5H,3-4H2. The molecule has 0 amide bonds. The molecule has 0 bridgehead atoms. The van der Waals surface area contributed by atoms with Gasteiger partial charge in [-0.15, -0.1) is 11.3 Å². The third kappa shape index (κ3) is 1.47. The van der Waals surface area contributed by atoms with Crippen LogP contribution in [0.4, 0.5) is 0 Å². The van der Waals surface area contributed by atoms with Crippen LogP contribution in [-0.4, -0.2) is 17.4 Å². The Morgan fingerprint density at radius 2 is 2.44 bits per heavy atom. The molecule has 48 valence electrons. The first-order valence-electron chi connectivity index (χ1n) is 2.91. The fourth-order valence-electron chi connectivity index (χ4n) is 0.575. The summed E-state index contributed by atoms with van der Waals surface area (Å²) in [5.74, 6) is 0. The van der Waals surface area contributed by atoms with Gasteiger partial charge >= 0.3 is 0 Å². The minimum atomic E-state index is 1.27. The number of thiophene rings is 1. The zero-order valence-electron chi connectivity index (χ0n) is 4.91. The fraction of sp³-hybridized carbons (Fsp3) is 0.333. The van der Waals surface area contributed by atoms with Crippen LogP contribution in [0.5, 0.6) is 0 Å². The zero-order chi connectivity index (χ0) is 6.10. The van der Waals surface area contributed by atoms with Crippen molar-refractivity contribution in [2.45, 2.75) is 4.21 Å². The molecule has 0 aliphatic carbocycles. The molecule has 0 spiro atoms. The van der Waals surface area contributed by atoms with Gasteiger partial charge < -0.3 is 0 Å². The molecule has 1 aromatic rings. The van der Waals surface area contributed by atoms with Gasteiger partial charge in [0.1, 0.15) is 0 Å². The maximum atomic E-state index is 2.34. The molecular formula is C6H7NS2. The number of rotatable bonds is 2. The van der Waals surface area contributed by atoms with E-state index in [1.54, 1.807) is 0 Å². The van der Waals surface area contributed by atoms with Crippen LogP contribution in [0.15, 0.2) is 21.7 Å². The molecule has 2 rings (SSSR count). The summed E-state index contributed by atoms with van der Waals surface area (Å²) in [6, 6.07) is 4.25. The second kappa shape index (κ2) is 2.33. The van der Waals surface area contributed by atoms with Crippen molar-refractivity contribution in [3.63, 3.8) is 0 Å². The topological polar surface area (TPSA) is 3.01 Å². The summed E-state index contributed by atoms with van der Waals surface area (Å²) in [7, 11) is 0. The second-order valence-electron chi connectivity index (χ2n) is 1.95. The van der Waals surface area contributed by atoms with E-state index < -0.39 is 0 Å². The van der Waals surface area contributed by atoms with Gasteiger partial charge in [0, 0.05) is 13.1 Å². The second-order valence-corrected chi connectivity index (χ2v) is 4.30. The Balaban J connectivity index is 1.99. The third-order valence-electron chi connectivity index (χ3n) is 1.12. The molecule has 0 saturated carbocycles. The van der Waals surface area contributed by atoms with Gasteiger partial charge in [0.15, 0.2) is 0 Å². The molecule has 3 heteroatoms. The fourth-order valence-corrected chi connectivity index (χ4v) is 2.34. The lowest BCUT2D eigenvalue weighted by atomic mass is 10.7. The molecule has 0 aromatic carbocycles. The normalized spacial score (nSPS) is 18.2. The van der Waals surface area contributed by atoms with Gasteiger partial charge in [-0.3, -0.25) is 0 Å². The van der Waals surface area contributed by atoms with E-state index in [0.717, 1.165) is 0 Å². The number of nitrogens with zero attached hydrogens (tertiary/aromatic N) is 1. The summed E-state index contributed by atoms with van der Waals surface area (Å²) in [6.07, 6.45) is 0. The summed E-state index contributed by atoms with van der Waals surface area (Å²) >= 11 is 3.68. The molecule has 1 aliphatic heterocycles. The molecule has 0 atom stereocenters. The van der Waals surface area contributed by atoms with Crippen molar-refractivity contribution in [1.82, 2.24) is 4.31 Å². The molecule has 1 saturated heterocycles. The Morgan fingerprint density at radius 3 is 3.00 bits per heavy atom. The lowest BCUT2D eigenvalue weighted by Gasteiger charge is -1.91. The first-order valence-corrected chi connectivity index (χ1v) is 4.57. The summed E-state index contributed by atoms with van der Waals surface area (Å²) in [6.45, 7) is 2.53. The maximum absolute atomic E-state index is 2.34. The van der Waals surface area contributed by atoms with Crippen LogP contribution in [0, 0.1) is 0 Å². The summed E-state index contributed by atoms with van der Waals surface area (Å²) in [4.78, 5) is 0. The SMILES string of the molecule is c1csc(SN2CC2)c1. The molecule has 2 heterocycles. The highest BCUT2D eigenvalue weighted by Gasteiger charge is 2.18. The Morgan fingerprint density at radius 1 is 1.56 bits per heavy atom. The Hall–Kier alpha value is 0.01000. The van der Waals surface area contributed by atoms with E-state index in [-0.39, 0.29) is 0 Å². The predicted octanol–water partition coefficient (Wildman–Crippen LogP) is 2.07. The lowest BCUT2D eigenvalue weighted by molar-refractivity contribution is 0.954. The lowest BCUT2D eigenvalue weighted by Crippen LogP contribution is -1.74. The van der Waals surface area contributed by atoms with Crippen molar-refractivity contribution in [3.05, 3.63) is 17.5 Å². The molecule has 1 nitrogen and oxygen atoms in total. The van der Waals surface area contributed by atoms with E-state index in [0.29, 0.717) is 0 Å². The van der Waals surface area contributed by atoms with E-state index in [9.17, 15) is 0 Å². The molecule has 1 aromatic heterocycles. The van der Waals surface area contributed by atoms with Crippen molar-refractivity contribution in [2.75, 3.05) is 13.1 Å². The Labute approximate surface area is 62.8 Å². The smallest absolute Gasteiger partial charge is 0.0753 e. The van der Waals surface area contributed by atoms with E-state index in [4.69, 9.17) is 0 Å². The summed E-state index contributed by atoms with van der Waals surface area (Å²) < 4.78 is 3.75. The molecular weight excluding hydrogens is 150 g/mol. The first-order chi connectivity index (χ1) is 4.45. The van der Waals surface area contributed by atoms with Crippen LogP contribution in [0.25, 0.3) is 0 Å². The van der Waals surface area contributed by atoms with E-state index in [2.05, 4.69) is 21.8 Å². The van der Waals surface area contributed by atoms with Crippen LogP contribution in [-0.2, 0) is 0 Å². The van der Waals surface area contributed by atoms with Crippen molar-refractivity contribution in [1.29, 1.82) is 0 Å². The quantitative estimate of drug-likeness (QED) is 0.477. The van der Waals surface area contributed by atoms with Crippen LogP contribution in [0.2, 0.25) is 0 Å². The maximum Gasteiger partial charge on any atom is 0.0753 e. The molecule has 1 fully saturated rings.